The van der Waals surface area contributed by atoms with Crippen LogP contribution in [0.5, 0.6) is 0 Å². The zero-order valence-electron chi connectivity index (χ0n) is 17.3. The van der Waals surface area contributed by atoms with E-state index < -0.39 is 24.0 Å². The van der Waals surface area contributed by atoms with Crippen molar-refractivity contribution < 1.29 is 37.9 Å². The number of rotatable bonds is 8. The Morgan fingerprint density at radius 3 is 2.55 bits per heavy atom. The van der Waals surface area contributed by atoms with Crippen LogP contribution in [-0.4, -0.2) is 73.2 Å². The number of fused-ring (bicyclic) bond motifs is 3. The predicted octanol–water partition coefficient (Wildman–Crippen LogP) is 1.14. The molecule has 4 heterocycles. The molecule has 0 saturated carbocycles. The summed E-state index contributed by atoms with van der Waals surface area (Å²) in [5.41, 5.74) is 0. The van der Waals surface area contributed by atoms with Gasteiger partial charge in [-0.1, -0.05) is 0 Å². The third-order valence-corrected chi connectivity index (χ3v) is 5.10. The van der Waals surface area contributed by atoms with Crippen LogP contribution in [-0.2, 0) is 35.0 Å². The van der Waals surface area contributed by atoms with Gasteiger partial charge in [0.1, 0.15) is 30.2 Å². The molecular formula is C20H31NO8. The maximum absolute atomic E-state index is 10.1. The molecule has 29 heavy (non-hydrogen) atoms. The van der Waals surface area contributed by atoms with Gasteiger partial charge >= 0.3 is 0 Å². The summed E-state index contributed by atoms with van der Waals surface area (Å²) in [4.78, 5) is 0. The van der Waals surface area contributed by atoms with E-state index in [2.05, 4.69) is 5.32 Å². The van der Waals surface area contributed by atoms with Gasteiger partial charge in [0.15, 0.2) is 17.9 Å². The molecule has 0 spiro atoms. The SMILES string of the molecule is CC1(C)O[C@H]2[C@@H](O1)[C@@H](COCC(O)CNCc1ccco1)O[C@@H]1OC(C)(C)O[C@@H]12. The van der Waals surface area contributed by atoms with Gasteiger partial charge in [-0.05, 0) is 39.8 Å². The second-order valence-corrected chi connectivity index (χ2v) is 8.61. The smallest absolute Gasteiger partial charge is 0.190 e. The van der Waals surface area contributed by atoms with E-state index in [-0.39, 0.29) is 37.6 Å². The molecule has 0 radical (unpaired) electrons. The molecule has 164 valence electrons. The summed E-state index contributed by atoms with van der Waals surface area (Å²) in [6.07, 6.45) is -0.962. The van der Waals surface area contributed by atoms with Gasteiger partial charge in [-0.15, -0.1) is 0 Å². The first-order valence-corrected chi connectivity index (χ1v) is 10.1. The normalized spacial score (nSPS) is 36.0. The highest BCUT2D eigenvalue weighted by Gasteiger charge is 2.60. The Morgan fingerprint density at radius 2 is 1.79 bits per heavy atom. The zero-order chi connectivity index (χ0) is 20.6. The van der Waals surface area contributed by atoms with E-state index >= 15 is 0 Å². The van der Waals surface area contributed by atoms with Crippen molar-refractivity contribution in [3.8, 4) is 0 Å². The summed E-state index contributed by atoms with van der Waals surface area (Å²) in [5.74, 6) is -0.671. The molecule has 0 aromatic carbocycles. The molecule has 3 fully saturated rings. The Bertz CT molecular complexity index is 663. The Morgan fingerprint density at radius 1 is 1.07 bits per heavy atom. The maximum atomic E-state index is 10.1. The number of aliphatic hydroxyl groups is 1. The molecule has 3 aliphatic rings. The van der Waals surface area contributed by atoms with E-state index in [1.807, 2.05) is 39.8 Å². The van der Waals surface area contributed by atoms with Gasteiger partial charge in [0.05, 0.1) is 32.1 Å². The summed E-state index contributed by atoms with van der Waals surface area (Å²) in [6.45, 7) is 8.80. The molecule has 9 nitrogen and oxygen atoms in total. The molecule has 2 N–H and O–H groups in total. The van der Waals surface area contributed by atoms with Crippen molar-refractivity contribution in [3.63, 3.8) is 0 Å². The van der Waals surface area contributed by atoms with E-state index in [1.165, 1.54) is 0 Å². The third-order valence-electron chi connectivity index (χ3n) is 5.10. The lowest BCUT2D eigenvalue weighted by atomic mass is 9.99. The average molecular weight is 413 g/mol. The molecule has 4 rings (SSSR count). The minimum Gasteiger partial charge on any atom is -0.468 e. The quantitative estimate of drug-likeness (QED) is 0.650. The molecule has 0 aliphatic carbocycles. The summed E-state index contributed by atoms with van der Waals surface area (Å²) < 4.78 is 41.0. The summed E-state index contributed by atoms with van der Waals surface area (Å²) in [6, 6.07) is 3.70. The predicted molar refractivity (Wildman–Crippen MR) is 99.8 cm³/mol. The van der Waals surface area contributed by atoms with Crippen LogP contribution in [0.25, 0.3) is 0 Å². The van der Waals surface area contributed by atoms with Gasteiger partial charge in [-0.2, -0.15) is 0 Å². The van der Waals surface area contributed by atoms with Crippen LogP contribution in [0.2, 0.25) is 0 Å². The number of aliphatic hydroxyl groups excluding tert-OH is 1. The van der Waals surface area contributed by atoms with Crippen LogP contribution < -0.4 is 5.32 Å². The lowest BCUT2D eigenvalue weighted by Crippen LogP contribution is -2.56. The highest BCUT2D eigenvalue weighted by molar-refractivity contribution is 5.00. The fraction of sp³-hybridized carbons (Fsp3) is 0.800. The number of hydrogen-bond acceptors (Lipinski definition) is 9. The van der Waals surface area contributed by atoms with E-state index in [0.717, 1.165) is 5.76 Å². The first-order valence-electron chi connectivity index (χ1n) is 10.1. The number of hydrogen-bond donors (Lipinski definition) is 2. The Labute approximate surface area is 170 Å². The van der Waals surface area contributed by atoms with Crippen LogP contribution in [0.3, 0.4) is 0 Å². The minimum atomic E-state index is -0.748. The average Bonchev–Trinajstić information content (AvgIpc) is 3.31. The number of furan rings is 1. The van der Waals surface area contributed by atoms with E-state index in [0.29, 0.717) is 13.1 Å². The Hall–Kier alpha value is -1.04. The van der Waals surface area contributed by atoms with E-state index in [4.69, 9.17) is 32.8 Å². The zero-order valence-corrected chi connectivity index (χ0v) is 17.3. The molecule has 9 heteroatoms. The van der Waals surface area contributed by atoms with Gasteiger partial charge < -0.3 is 43.3 Å². The minimum absolute atomic E-state index is 0.170. The van der Waals surface area contributed by atoms with Gasteiger partial charge in [-0.3, -0.25) is 0 Å². The second-order valence-electron chi connectivity index (χ2n) is 8.61. The third kappa shape index (κ3) is 5.00. The van der Waals surface area contributed by atoms with E-state index in [9.17, 15) is 5.11 Å². The van der Waals surface area contributed by atoms with Crippen LogP contribution in [0, 0.1) is 0 Å². The van der Waals surface area contributed by atoms with Crippen molar-refractivity contribution in [2.45, 2.75) is 82.6 Å². The summed E-state index contributed by atoms with van der Waals surface area (Å²) in [5, 5.41) is 13.3. The Kier molecular flexibility index (Phi) is 6.02. The molecular weight excluding hydrogens is 382 g/mol. The first-order chi connectivity index (χ1) is 13.7. The molecule has 0 amide bonds. The van der Waals surface area contributed by atoms with Gasteiger partial charge in [0.2, 0.25) is 0 Å². The highest BCUT2D eigenvalue weighted by atomic mass is 16.9. The van der Waals surface area contributed by atoms with Crippen LogP contribution in [0.1, 0.15) is 33.5 Å². The van der Waals surface area contributed by atoms with Gasteiger partial charge in [0, 0.05) is 6.54 Å². The number of nitrogens with one attached hydrogen (secondary N) is 1. The number of ether oxygens (including phenoxy) is 6. The molecule has 3 saturated heterocycles. The van der Waals surface area contributed by atoms with E-state index in [1.54, 1.807) is 6.26 Å². The molecule has 6 atom stereocenters. The topological polar surface area (TPSA) is 101 Å². The lowest BCUT2D eigenvalue weighted by molar-refractivity contribution is -0.243. The molecule has 3 aliphatic heterocycles. The van der Waals surface area contributed by atoms with Crippen molar-refractivity contribution >= 4 is 0 Å². The van der Waals surface area contributed by atoms with Crippen LogP contribution in [0.15, 0.2) is 22.8 Å². The maximum Gasteiger partial charge on any atom is 0.190 e. The highest BCUT2D eigenvalue weighted by Crippen LogP contribution is 2.44. The van der Waals surface area contributed by atoms with Crippen LogP contribution in [0.4, 0.5) is 0 Å². The van der Waals surface area contributed by atoms with Gasteiger partial charge in [0.25, 0.3) is 0 Å². The van der Waals surface area contributed by atoms with Crippen molar-refractivity contribution in [2.75, 3.05) is 19.8 Å². The fourth-order valence-corrected chi connectivity index (χ4v) is 3.98. The second kappa shape index (κ2) is 8.24. The van der Waals surface area contributed by atoms with Crippen molar-refractivity contribution in [1.29, 1.82) is 0 Å². The standard InChI is InChI=1S/C20H31NO8/c1-19(2)26-15-14(25-18-17(16(15)27-19)28-20(3,4)29-18)11-23-10-12(22)8-21-9-13-6-5-7-24-13/h5-7,12,14-18,21-22H,8-11H2,1-4H3/t12?,14-,15+,16+,17-,18-/m1/s1. The fourth-order valence-electron chi connectivity index (χ4n) is 3.98. The molecule has 1 unspecified atom stereocenters. The molecule has 1 aromatic rings. The monoisotopic (exact) mass is 413 g/mol. The first kappa shape index (κ1) is 21.2. The largest absolute Gasteiger partial charge is 0.468 e. The van der Waals surface area contributed by atoms with Crippen molar-refractivity contribution in [2.24, 2.45) is 0 Å². The Balaban J connectivity index is 1.26. The summed E-state index contributed by atoms with van der Waals surface area (Å²) in [7, 11) is 0. The summed E-state index contributed by atoms with van der Waals surface area (Å²) >= 11 is 0. The van der Waals surface area contributed by atoms with Crippen LogP contribution >= 0.6 is 0 Å². The van der Waals surface area contributed by atoms with Gasteiger partial charge in [-0.25, -0.2) is 0 Å². The molecule has 1 aromatic heterocycles. The van der Waals surface area contributed by atoms with Crippen molar-refractivity contribution in [1.82, 2.24) is 5.32 Å². The molecule has 0 bridgehead atoms. The lowest BCUT2D eigenvalue weighted by Gasteiger charge is -2.37. The van der Waals surface area contributed by atoms with Crippen molar-refractivity contribution in [3.05, 3.63) is 24.2 Å².